The first-order valence-electron chi connectivity index (χ1n) is 6.17. The highest BCUT2D eigenvalue weighted by Crippen LogP contribution is 2.22. The number of carbonyl (C=O) groups excluding carboxylic acids is 1. The molecule has 0 amide bonds. The summed E-state index contributed by atoms with van der Waals surface area (Å²) in [7, 11) is 3.63. The third-order valence-corrected chi connectivity index (χ3v) is 3.80. The molecule has 0 fully saturated rings. The molecule has 0 N–H and O–H groups in total. The van der Waals surface area contributed by atoms with E-state index in [-0.39, 0.29) is 12.2 Å². The normalized spacial score (nSPS) is 11.0. The fourth-order valence-electron chi connectivity index (χ4n) is 2.03. The molecule has 0 spiro atoms. The van der Waals surface area contributed by atoms with E-state index < -0.39 is 0 Å². The molecule has 0 radical (unpaired) electrons. The fraction of sp³-hybridized carbons (Fsp3) is 0.462. The first-order chi connectivity index (χ1) is 8.95. The first kappa shape index (κ1) is 13.8. The molecule has 0 aromatic carbocycles. The number of hydrogen-bond donors (Lipinski definition) is 0. The van der Waals surface area contributed by atoms with E-state index in [1.165, 1.54) is 0 Å². The second-order valence-corrected chi connectivity index (χ2v) is 4.93. The number of nitrogens with zero attached hydrogens (tertiary/aromatic N) is 4. The topological polar surface area (TPSA) is 52.7 Å². The Morgan fingerprint density at radius 3 is 2.53 bits per heavy atom. The lowest BCUT2D eigenvalue weighted by atomic mass is 10.1. The predicted octanol–water partition coefficient (Wildman–Crippen LogP) is 2.10. The summed E-state index contributed by atoms with van der Waals surface area (Å²) in [5, 5.41) is 9.00. The van der Waals surface area contributed by atoms with Crippen LogP contribution >= 0.6 is 11.6 Å². The Kier molecular flexibility index (Phi) is 3.75. The average Bonchev–Trinajstić information content (AvgIpc) is 2.84. The van der Waals surface area contributed by atoms with Crippen LogP contribution in [0.1, 0.15) is 34.4 Å². The van der Waals surface area contributed by atoms with Gasteiger partial charge in [0.2, 0.25) is 0 Å². The van der Waals surface area contributed by atoms with E-state index in [1.54, 1.807) is 15.6 Å². The summed E-state index contributed by atoms with van der Waals surface area (Å²) >= 11 is 6.25. The van der Waals surface area contributed by atoms with E-state index in [1.807, 2.05) is 27.9 Å². The third-order valence-electron chi connectivity index (χ3n) is 3.37. The molecule has 2 aromatic rings. The monoisotopic (exact) mass is 280 g/mol. The Morgan fingerprint density at radius 2 is 2.05 bits per heavy atom. The molecule has 0 saturated heterocycles. The van der Waals surface area contributed by atoms with Crippen molar-refractivity contribution in [3.63, 3.8) is 0 Å². The lowest BCUT2D eigenvalue weighted by Crippen LogP contribution is -2.09. The third kappa shape index (κ3) is 2.42. The summed E-state index contributed by atoms with van der Waals surface area (Å²) in [6.45, 7) is 3.87. The van der Waals surface area contributed by atoms with Gasteiger partial charge in [-0.05, 0) is 13.3 Å². The number of rotatable bonds is 4. The minimum Gasteiger partial charge on any atom is -0.294 e. The molecule has 2 rings (SSSR count). The van der Waals surface area contributed by atoms with Gasteiger partial charge in [0.1, 0.15) is 0 Å². The molecule has 19 heavy (non-hydrogen) atoms. The predicted molar refractivity (Wildman–Crippen MR) is 73.6 cm³/mol. The SMILES string of the molecule is CCc1nn(C)c(CC(=O)c2cnn(C)c2C)c1Cl. The molecular formula is C13H17ClN4O. The minimum absolute atomic E-state index is 0.0122. The molecule has 0 aliphatic rings. The lowest BCUT2D eigenvalue weighted by Gasteiger charge is -2.02. The largest absolute Gasteiger partial charge is 0.294 e. The number of aromatic nitrogens is 4. The second-order valence-electron chi connectivity index (χ2n) is 4.55. The maximum Gasteiger partial charge on any atom is 0.172 e. The molecule has 0 bridgehead atoms. The maximum atomic E-state index is 12.3. The van der Waals surface area contributed by atoms with Gasteiger partial charge in [0.25, 0.3) is 0 Å². The highest BCUT2D eigenvalue weighted by Gasteiger charge is 2.19. The van der Waals surface area contributed by atoms with Gasteiger partial charge in [0.05, 0.1) is 34.6 Å². The summed E-state index contributed by atoms with van der Waals surface area (Å²) in [4.78, 5) is 12.3. The van der Waals surface area contributed by atoms with E-state index in [2.05, 4.69) is 10.2 Å². The van der Waals surface area contributed by atoms with Gasteiger partial charge in [0, 0.05) is 19.8 Å². The van der Waals surface area contributed by atoms with Crippen LogP contribution in [0.2, 0.25) is 5.02 Å². The summed E-state index contributed by atoms with van der Waals surface area (Å²) in [5.74, 6) is 0.0122. The van der Waals surface area contributed by atoms with E-state index >= 15 is 0 Å². The van der Waals surface area contributed by atoms with Crippen molar-refractivity contribution in [3.8, 4) is 0 Å². The van der Waals surface area contributed by atoms with E-state index in [4.69, 9.17) is 11.6 Å². The lowest BCUT2D eigenvalue weighted by molar-refractivity contribution is 0.0990. The number of hydrogen-bond acceptors (Lipinski definition) is 3. The van der Waals surface area contributed by atoms with Gasteiger partial charge in [-0.3, -0.25) is 14.2 Å². The van der Waals surface area contributed by atoms with Crippen molar-refractivity contribution in [1.82, 2.24) is 19.6 Å². The molecule has 0 unspecified atom stereocenters. The van der Waals surface area contributed by atoms with Crippen LogP contribution in [0.4, 0.5) is 0 Å². The summed E-state index contributed by atoms with van der Waals surface area (Å²) in [6, 6.07) is 0. The average molecular weight is 281 g/mol. The smallest absolute Gasteiger partial charge is 0.172 e. The van der Waals surface area contributed by atoms with Crippen molar-refractivity contribution in [2.75, 3.05) is 0 Å². The molecule has 0 aliphatic heterocycles. The standard InChI is InChI=1S/C13H17ClN4O/c1-5-10-13(14)11(18(4)16-10)6-12(19)9-7-15-17(3)8(9)2/h7H,5-6H2,1-4H3. The van der Waals surface area contributed by atoms with E-state index in [9.17, 15) is 4.79 Å². The highest BCUT2D eigenvalue weighted by molar-refractivity contribution is 6.32. The van der Waals surface area contributed by atoms with Crippen molar-refractivity contribution in [2.45, 2.75) is 26.7 Å². The number of aryl methyl sites for hydroxylation is 3. The van der Waals surface area contributed by atoms with Crippen LogP contribution < -0.4 is 0 Å². The first-order valence-corrected chi connectivity index (χ1v) is 6.55. The number of carbonyl (C=O) groups is 1. The van der Waals surface area contributed by atoms with Crippen LogP contribution in [0, 0.1) is 6.92 Å². The summed E-state index contributed by atoms with van der Waals surface area (Å²) < 4.78 is 3.38. The molecule has 2 heterocycles. The van der Waals surface area contributed by atoms with Gasteiger partial charge in [-0.1, -0.05) is 18.5 Å². The van der Waals surface area contributed by atoms with Gasteiger partial charge in [-0.2, -0.15) is 10.2 Å². The van der Waals surface area contributed by atoms with Crippen molar-refractivity contribution in [3.05, 3.63) is 33.9 Å². The fourth-order valence-corrected chi connectivity index (χ4v) is 2.39. The Bertz CT molecular complexity index is 627. The molecule has 0 saturated carbocycles. The maximum absolute atomic E-state index is 12.3. The van der Waals surface area contributed by atoms with Gasteiger partial charge in [0.15, 0.2) is 5.78 Å². The van der Waals surface area contributed by atoms with Crippen LogP contribution in [-0.4, -0.2) is 25.3 Å². The molecule has 5 nitrogen and oxygen atoms in total. The van der Waals surface area contributed by atoms with Crippen LogP contribution in [0.3, 0.4) is 0 Å². The van der Waals surface area contributed by atoms with Crippen LogP contribution in [0.25, 0.3) is 0 Å². The second kappa shape index (κ2) is 5.17. The summed E-state index contributed by atoms with van der Waals surface area (Å²) in [6.07, 6.45) is 2.60. The number of ketones is 1. The van der Waals surface area contributed by atoms with Gasteiger partial charge < -0.3 is 0 Å². The molecular weight excluding hydrogens is 264 g/mol. The molecule has 0 aliphatic carbocycles. The zero-order chi connectivity index (χ0) is 14.2. The van der Waals surface area contributed by atoms with Crippen LogP contribution in [0.5, 0.6) is 0 Å². The Hall–Kier alpha value is -1.62. The van der Waals surface area contributed by atoms with Gasteiger partial charge in [-0.15, -0.1) is 0 Å². The molecule has 102 valence electrons. The number of halogens is 1. The van der Waals surface area contributed by atoms with Crippen molar-refractivity contribution in [2.24, 2.45) is 14.1 Å². The Labute approximate surface area is 117 Å². The summed E-state index contributed by atoms with van der Waals surface area (Å²) in [5.41, 5.74) is 3.08. The Balaban J connectivity index is 2.29. The van der Waals surface area contributed by atoms with Crippen molar-refractivity contribution in [1.29, 1.82) is 0 Å². The molecule has 0 atom stereocenters. The van der Waals surface area contributed by atoms with Crippen LogP contribution in [0.15, 0.2) is 6.20 Å². The quantitative estimate of drug-likeness (QED) is 0.806. The van der Waals surface area contributed by atoms with Gasteiger partial charge in [-0.25, -0.2) is 0 Å². The molecule has 2 aromatic heterocycles. The zero-order valence-electron chi connectivity index (χ0n) is 11.6. The minimum atomic E-state index is 0.0122. The van der Waals surface area contributed by atoms with Gasteiger partial charge >= 0.3 is 0 Å². The highest BCUT2D eigenvalue weighted by atomic mass is 35.5. The number of Topliss-reactive ketones (excluding diaryl/α,β-unsaturated/α-hetero) is 1. The van der Waals surface area contributed by atoms with E-state index in [0.717, 1.165) is 23.5 Å². The molecule has 6 heteroatoms. The van der Waals surface area contributed by atoms with Crippen molar-refractivity contribution < 1.29 is 4.79 Å². The van der Waals surface area contributed by atoms with E-state index in [0.29, 0.717) is 10.6 Å². The van der Waals surface area contributed by atoms with Crippen molar-refractivity contribution >= 4 is 17.4 Å². The zero-order valence-corrected chi connectivity index (χ0v) is 12.3. The Morgan fingerprint density at radius 1 is 1.37 bits per heavy atom. The van der Waals surface area contributed by atoms with Crippen LogP contribution in [-0.2, 0) is 26.9 Å².